The Morgan fingerprint density at radius 3 is 2.96 bits per heavy atom. The average Bonchev–Trinajstić information content (AvgIpc) is 2.58. The van der Waals surface area contributed by atoms with Crippen molar-refractivity contribution in [2.24, 2.45) is 5.92 Å². The molecule has 1 saturated carbocycles. The summed E-state index contributed by atoms with van der Waals surface area (Å²) in [7, 11) is 1.75. The molecule has 0 saturated heterocycles. The molecule has 1 aliphatic heterocycles. The third-order valence-electron chi connectivity index (χ3n) is 4.66. The highest BCUT2D eigenvalue weighted by atomic mass is 32.2. The molecule has 124 valence electrons. The van der Waals surface area contributed by atoms with Gasteiger partial charge in [0.25, 0.3) is 0 Å². The van der Waals surface area contributed by atoms with E-state index in [1.165, 1.54) is 43.9 Å². The van der Waals surface area contributed by atoms with Crippen LogP contribution in [-0.4, -0.2) is 35.6 Å². The number of amides is 2. The van der Waals surface area contributed by atoms with Crippen molar-refractivity contribution in [1.29, 1.82) is 0 Å². The first-order chi connectivity index (χ1) is 11.1. The molecule has 0 unspecified atom stereocenters. The Bertz CT molecular complexity index is 587. The molecule has 5 nitrogen and oxygen atoms in total. The maximum Gasteiger partial charge on any atom is 0.240 e. The van der Waals surface area contributed by atoms with Gasteiger partial charge in [0, 0.05) is 26.2 Å². The van der Waals surface area contributed by atoms with Gasteiger partial charge in [0.1, 0.15) is 5.03 Å². The molecule has 1 aliphatic carbocycles. The molecule has 2 heterocycles. The third kappa shape index (κ3) is 3.86. The summed E-state index contributed by atoms with van der Waals surface area (Å²) in [5.74, 6) is 0.546. The van der Waals surface area contributed by atoms with Gasteiger partial charge in [-0.15, -0.1) is 0 Å². The van der Waals surface area contributed by atoms with Crippen molar-refractivity contribution in [2.45, 2.75) is 48.8 Å². The standard InChI is InChI=1S/C17H23N3O2S/c1-20-13-8-5-9-18-16(13)23-14(17(20)22)10-15(21)19-11-12-6-3-2-4-7-12/h5,8-9,12,14H,2-4,6-7,10-11H2,1H3,(H,19,21)/t14-/m1/s1. The molecule has 1 atom stereocenters. The topological polar surface area (TPSA) is 62.3 Å². The van der Waals surface area contributed by atoms with Gasteiger partial charge in [-0.3, -0.25) is 9.59 Å². The van der Waals surface area contributed by atoms with Gasteiger partial charge < -0.3 is 10.2 Å². The van der Waals surface area contributed by atoms with Gasteiger partial charge in [-0.1, -0.05) is 31.0 Å². The molecule has 1 aromatic rings. The SMILES string of the molecule is CN1C(=O)[C@@H](CC(=O)NCC2CCCCC2)Sc2ncccc21. The number of nitrogens with one attached hydrogen (secondary N) is 1. The van der Waals surface area contributed by atoms with Crippen molar-refractivity contribution < 1.29 is 9.59 Å². The predicted octanol–water partition coefficient (Wildman–Crippen LogP) is 2.61. The van der Waals surface area contributed by atoms with Gasteiger partial charge in [-0.05, 0) is 30.9 Å². The second-order valence-electron chi connectivity index (χ2n) is 6.34. The van der Waals surface area contributed by atoms with Crippen LogP contribution in [0, 0.1) is 5.92 Å². The number of hydrogen-bond donors (Lipinski definition) is 1. The largest absolute Gasteiger partial charge is 0.356 e. The normalized spacial score (nSPS) is 21.9. The number of rotatable bonds is 4. The highest BCUT2D eigenvalue weighted by Crippen LogP contribution is 2.37. The predicted molar refractivity (Wildman–Crippen MR) is 91.5 cm³/mol. The van der Waals surface area contributed by atoms with E-state index in [1.54, 1.807) is 18.1 Å². The van der Waals surface area contributed by atoms with Crippen molar-refractivity contribution in [3.05, 3.63) is 18.3 Å². The Morgan fingerprint density at radius 1 is 1.39 bits per heavy atom. The van der Waals surface area contributed by atoms with Crippen LogP contribution in [0.3, 0.4) is 0 Å². The fourth-order valence-electron chi connectivity index (χ4n) is 3.27. The summed E-state index contributed by atoms with van der Waals surface area (Å²) in [5.41, 5.74) is 0.821. The van der Waals surface area contributed by atoms with Crippen LogP contribution in [0.25, 0.3) is 0 Å². The van der Waals surface area contributed by atoms with Gasteiger partial charge >= 0.3 is 0 Å². The minimum Gasteiger partial charge on any atom is -0.356 e. The summed E-state index contributed by atoms with van der Waals surface area (Å²) in [5, 5.41) is 3.45. The second-order valence-corrected chi connectivity index (χ2v) is 7.54. The Hall–Kier alpha value is -1.56. The highest BCUT2D eigenvalue weighted by Gasteiger charge is 2.33. The summed E-state index contributed by atoms with van der Waals surface area (Å²) in [4.78, 5) is 30.6. The van der Waals surface area contributed by atoms with E-state index in [4.69, 9.17) is 0 Å². The molecule has 3 rings (SSSR count). The van der Waals surface area contributed by atoms with E-state index in [0.717, 1.165) is 17.3 Å². The van der Waals surface area contributed by atoms with Crippen molar-refractivity contribution in [1.82, 2.24) is 10.3 Å². The van der Waals surface area contributed by atoms with E-state index in [2.05, 4.69) is 10.3 Å². The lowest BCUT2D eigenvalue weighted by Crippen LogP contribution is -2.41. The maximum absolute atomic E-state index is 12.4. The van der Waals surface area contributed by atoms with Crippen LogP contribution in [0.2, 0.25) is 0 Å². The molecular weight excluding hydrogens is 310 g/mol. The van der Waals surface area contributed by atoms with Crippen molar-refractivity contribution >= 4 is 29.3 Å². The van der Waals surface area contributed by atoms with Crippen molar-refractivity contribution in [3.63, 3.8) is 0 Å². The van der Waals surface area contributed by atoms with Gasteiger partial charge in [-0.2, -0.15) is 0 Å². The summed E-state index contributed by atoms with van der Waals surface area (Å²) in [6.07, 6.45) is 8.20. The van der Waals surface area contributed by atoms with E-state index >= 15 is 0 Å². The van der Waals surface area contributed by atoms with Crippen LogP contribution in [0.5, 0.6) is 0 Å². The Labute approximate surface area is 141 Å². The quantitative estimate of drug-likeness (QED) is 0.920. The van der Waals surface area contributed by atoms with Crippen LogP contribution in [0.15, 0.2) is 23.4 Å². The minimum atomic E-state index is -0.381. The number of carbonyl (C=O) groups is 2. The maximum atomic E-state index is 12.4. The number of aromatic nitrogens is 1. The summed E-state index contributed by atoms with van der Waals surface area (Å²) in [6.45, 7) is 0.745. The third-order valence-corrected chi connectivity index (χ3v) is 5.85. The molecule has 2 aliphatic rings. The van der Waals surface area contributed by atoms with Gasteiger partial charge in [-0.25, -0.2) is 4.98 Å². The first kappa shape index (κ1) is 16.3. The first-order valence-electron chi connectivity index (χ1n) is 8.31. The zero-order valence-corrected chi connectivity index (χ0v) is 14.3. The fourth-order valence-corrected chi connectivity index (χ4v) is 4.48. The molecule has 1 aromatic heterocycles. The molecule has 23 heavy (non-hydrogen) atoms. The van der Waals surface area contributed by atoms with E-state index in [0.29, 0.717) is 5.92 Å². The number of hydrogen-bond acceptors (Lipinski definition) is 4. The highest BCUT2D eigenvalue weighted by molar-refractivity contribution is 8.00. The lowest BCUT2D eigenvalue weighted by Gasteiger charge is -2.30. The summed E-state index contributed by atoms with van der Waals surface area (Å²) >= 11 is 1.40. The van der Waals surface area contributed by atoms with Crippen molar-refractivity contribution in [2.75, 3.05) is 18.5 Å². The molecular formula is C17H23N3O2S. The average molecular weight is 333 g/mol. The molecule has 0 radical (unpaired) electrons. The fraction of sp³-hybridized carbons (Fsp3) is 0.588. The monoisotopic (exact) mass is 333 g/mol. The molecule has 1 fully saturated rings. The van der Waals surface area contributed by atoms with E-state index < -0.39 is 0 Å². The van der Waals surface area contributed by atoms with Crippen molar-refractivity contribution in [3.8, 4) is 0 Å². The lowest BCUT2D eigenvalue weighted by molar-refractivity contribution is -0.124. The molecule has 0 spiro atoms. The molecule has 6 heteroatoms. The second kappa shape index (κ2) is 7.34. The van der Waals surface area contributed by atoms with Crippen LogP contribution in [0.1, 0.15) is 38.5 Å². The smallest absolute Gasteiger partial charge is 0.240 e. The van der Waals surface area contributed by atoms with Crippen LogP contribution < -0.4 is 10.2 Å². The number of anilines is 1. The molecule has 0 bridgehead atoms. The van der Waals surface area contributed by atoms with Crippen LogP contribution in [-0.2, 0) is 9.59 Å². The minimum absolute atomic E-state index is 0.0247. The zero-order chi connectivity index (χ0) is 16.2. The first-order valence-corrected chi connectivity index (χ1v) is 9.19. The van der Waals surface area contributed by atoms with E-state index in [1.807, 2.05) is 12.1 Å². The Balaban J connectivity index is 1.55. The zero-order valence-electron chi connectivity index (χ0n) is 13.5. The molecule has 0 aromatic carbocycles. The van der Waals surface area contributed by atoms with Crippen LogP contribution in [0.4, 0.5) is 5.69 Å². The molecule has 1 N–H and O–H groups in total. The van der Waals surface area contributed by atoms with Gasteiger partial charge in [0.15, 0.2) is 0 Å². The lowest BCUT2D eigenvalue weighted by atomic mass is 9.89. The van der Waals surface area contributed by atoms with Gasteiger partial charge in [0.05, 0.1) is 10.9 Å². The number of carbonyl (C=O) groups excluding carboxylic acids is 2. The Morgan fingerprint density at radius 2 is 2.17 bits per heavy atom. The summed E-state index contributed by atoms with van der Waals surface area (Å²) in [6, 6.07) is 3.70. The number of fused-ring (bicyclic) bond motifs is 1. The summed E-state index contributed by atoms with van der Waals surface area (Å²) < 4.78 is 0. The van der Waals surface area contributed by atoms with Gasteiger partial charge in [0.2, 0.25) is 11.8 Å². The number of thioether (sulfide) groups is 1. The van der Waals surface area contributed by atoms with E-state index in [-0.39, 0.29) is 23.5 Å². The van der Waals surface area contributed by atoms with Crippen LogP contribution >= 0.6 is 11.8 Å². The Kier molecular flexibility index (Phi) is 5.20. The number of pyridine rings is 1. The molecule has 2 amide bonds. The van der Waals surface area contributed by atoms with E-state index in [9.17, 15) is 9.59 Å². The number of nitrogens with zero attached hydrogens (tertiary/aromatic N) is 2.